The number of phosphoric acid groups is 1. The van der Waals surface area contributed by atoms with Gasteiger partial charge >= 0.3 is 13.8 Å². The lowest BCUT2D eigenvalue weighted by Crippen LogP contribution is -2.35. The summed E-state index contributed by atoms with van der Waals surface area (Å²) in [7, 11) is -4.62. The summed E-state index contributed by atoms with van der Waals surface area (Å²) in [5.41, 5.74) is 0. The van der Waals surface area contributed by atoms with E-state index < -0.39 is 13.9 Å². The maximum Gasteiger partial charge on any atom is 0.469 e. The molecule has 0 spiro atoms. The molecule has 32 heavy (non-hydrogen) atoms. The van der Waals surface area contributed by atoms with Crippen LogP contribution in [0.5, 0.6) is 0 Å². The Bertz CT molecular complexity index is 500. The van der Waals surface area contributed by atoms with Crippen LogP contribution in [0.15, 0.2) is 0 Å². The number of esters is 1. The molecule has 0 saturated carbocycles. The van der Waals surface area contributed by atoms with Crippen molar-refractivity contribution in [2.24, 2.45) is 0 Å². The molecule has 0 rings (SSSR count). The molecule has 0 aliphatic heterocycles. The van der Waals surface area contributed by atoms with E-state index in [0.29, 0.717) is 26.0 Å². The zero-order valence-electron chi connectivity index (χ0n) is 19.7. The Morgan fingerprint density at radius 2 is 1.53 bits per heavy atom. The van der Waals surface area contributed by atoms with Crippen LogP contribution in [0, 0.1) is 0 Å². The first kappa shape index (κ1) is 31.0. The predicted molar refractivity (Wildman–Crippen MR) is 123 cm³/mol. The van der Waals surface area contributed by atoms with Crippen LogP contribution in [0.25, 0.3) is 0 Å². The van der Waals surface area contributed by atoms with Gasteiger partial charge in [-0.05, 0) is 25.8 Å². The zero-order chi connectivity index (χ0) is 23.9. The maximum absolute atomic E-state index is 12.1. The van der Waals surface area contributed by atoms with Gasteiger partial charge in [0.25, 0.3) is 6.47 Å². The van der Waals surface area contributed by atoms with Gasteiger partial charge < -0.3 is 24.6 Å². The van der Waals surface area contributed by atoms with Crippen molar-refractivity contribution in [3.63, 3.8) is 0 Å². The SMILES string of the molecule is CCCCCCCCCCC(=O)O[C@@H](CNCCCCCCCOC=O)COP(=O)(O)O. The molecular weight excluding hydrogens is 437 g/mol. The smallest absolute Gasteiger partial charge is 0.468 e. The van der Waals surface area contributed by atoms with Crippen LogP contribution in [0.3, 0.4) is 0 Å². The molecule has 0 radical (unpaired) electrons. The van der Waals surface area contributed by atoms with Gasteiger partial charge in [-0.3, -0.25) is 14.1 Å². The predicted octanol–water partition coefficient (Wildman–Crippen LogP) is 4.25. The van der Waals surface area contributed by atoms with Crippen LogP contribution in [0.1, 0.15) is 96.8 Å². The van der Waals surface area contributed by atoms with Crippen molar-refractivity contribution in [3.8, 4) is 0 Å². The molecule has 0 bridgehead atoms. The first-order valence-electron chi connectivity index (χ1n) is 12.0. The summed E-state index contributed by atoms with van der Waals surface area (Å²) in [5, 5.41) is 3.16. The van der Waals surface area contributed by atoms with Crippen molar-refractivity contribution in [3.05, 3.63) is 0 Å². The number of phosphoric ester groups is 1. The normalized spacial score (nSPS) is 12.5. The largest absolute Gasteiger partial charge is 0.469 e. The Hall–Kier alpha value is -0.990. The highest BCUT2D eigenvalue weighted by Gasteiger charge is 2.21. The van der Waals surface area contributed by atoms with Gasteiger partial charge in [0.1, 0.15) is 6.10 Å². The molecule has 0 unspecified atom stereocenters. The average molecular weight is 482 g/mol. The quantitative estimate of drug-likeness (QED) is 0.0801. The number of hydrogen-bond acceptors (Lipinski definition) is 7. The fourth-order valence-corrected chi connectivity index (χ4v) is 3.60. The molecule has 0 aromatic heterocycles. The third-order valence-corrected chi connectivity index (χ3v) is 5.50. The van der Waals surface area contributed by atoms with Crippen molar-refractivity contribution < 1.29 is 37.9 Å². The second kappa shape index (κ2) is 21.8. The fourth-order valence-electron chi connectivity index (χ4n) is 3.24. The van der Waals surface area contributed by atoms with Crippen molar-refractivity contribution in [2.45, 2.75) is 103 Å². The summed E-state index contributed by atoms with van der Waals surface area (Å²) in [4.78, 5) is 40.0. The molecule has 190 valence electrons. The Balaban J connectivity index is 3.98. The minimum absolute atomic E-state index is 0.274. The van der Waals surface area contributed by atoms with Crippen LogP contribution < -0.4 is 5.32 Å². The molecule has 9 nitrogen and oxygen atoms in total. The lowest BCUT2D eigenvalue weighted by Gasteiger charge is -2.19. The highest BCUT2D eigenvalue weighted by Crippen LogP contribution is 2.35. The molecular formula is C22H44NO8P. The van der Waals surface area contributed by atoms with Gasteiger partial charge in [0.15, 0.2) is 0 Å². The standard InChI is InChI=1S/C22H44NO8P/c1-2-3-4-5-6-7-9-12-15-22(25)31-21(19-30-32(26,27)28)18-23-16-13-10-8-11-14-17-29-20-24/h20-21,23H,2-19H2,1H3,(H2,26,27,28)/t21-/m0/s1. The van der Waals surface area contributed by atoms with Gasteiger partial charge in [-0.25, -0.2) is 4.57 Å². The fraction of sp³-hybridized carbons (Fsp3) is 0.909. The van der Waals surface area contributed by atoms with Crippen molar-refractivity contribution in [2.75, 3.05) is 26.3 Å². The van der Waals surface area contributed by atoms with E-state index in [9.17, 15) is 14.2 Å². The lowest BCUT2D eigenvalue weighted by molar-refractivity contribution is -0.150. The average Bonchev–Trinajstić information content (AvgIpc) is 2.74. The van der Waals surface area contributed by atoms with E-state index in [4.69, 9.17) is 14.5 Å². The summed E-state index contributed by atoms with van der Waals surface area (Å²) < 4.78 is 25.5. The summed E-state index contributed by atoms with van der Waals surface area (Å²) in [6, 6.07) is 0. The van der Waals surface area contributed by atoms with Crippen LogP contribution in [-0.2, 0) is 28.2 Å². The Morgan fingerprint density at radius 1 is 0.938 bits per heavy atom. The Labute approximate surface area is 193 Å². The van der Waals surface area contributed by atoms with E-state index in [1.54, 1.807) is 0 Å². The number of nitrogens with one attached hydrogen (secondary N) is 1. The summed E-state index contributed by atoms with van der Waals surface area (Å²) in [5.74, 6) is -0.366. The van der Waals surface area contributed by atoms with E-state index in [1.807, 2.05) is 0 Å². The number of rotatable bonds is 24. The lowest BCUT2D eigenvalue weighted by atomic mass is 10.1. The molecule has 0 heterocycles. The van der Waals surface area contributed by atoms with Gasteiger partial charge in [-0.2, -0.15) is 0 Å². The van der Waals surface area contributed by atoms with E-state index in [0.717, 1.165) is 51.4 Å². The van der Waals surface area contributed by atoms with E-state index in [2.05, 4.69) is 21.5 Å². The van der Waals surface area contributed by atoms with Crippen molar-refractivity contribution in [1.82, 2.24) is 5.32 Å². The van der Waals surface area contributed by atoms with Crippen LogP contribution in [0.4, 0.5) is 0 Å². The van der Waals surface area contributed by atoms with E-state index in [-0.39, 0.29) is 19.1 Å². The molecule has 0 aliphatic rings. The van der Waals surface area contributed by atoms with Gasteiger partial charge in [-0.15, -0.1) is 0 Å². The van der Waals surface area contributed by atoms with Crippen molar-refractivity contribution in [1.29, 1.82) is 0 Å². The van der Waals surface area contributed by atoms with E-state index in [1.165, 1.54) is 32.1 Å². The maximum atomic E-state index is 12.1. The molecule has 1 atom stereocenters. The number of carbonyl (C=O) groups excluding carboxylic acids is 2. The second-order valence-corrected chi connectivity index (χ2v) is 9.30. The Morgan fingerprint density at radius 3 is 2.16 bits per heavy atom. The van der Waals surface area contributed by atoms with Crippen LogP contribution in [0.2, 0.25) is 0 Å². The molecule has 0 aliphatic carbocycles. The van der Waals surface area contributed by atoms with Crippen LogP contribution >= 0.6 is 7.82 Å². The third-order valence-electron chi connectivity index (χ3n) is 5.02. The molecule has 10 heteroatoms. The van der Waals surface area contributed by atoms with E-state index >= 15 is 0 Å². The van der Waals surface area contributed by atoms with Crippen molar-refractivity contribution >= 4 is 20.3 Å². The first-order valence-corrected chi connectivity index (χ1v) is 13.6. The Kier molecular flexibility index (Phi) is 21.2. The highest BCUT2D eigenvalue weighted by molar-refractivity contribution is 7.46. The van der Waals surface area contributed by atoms with Crippen LogP contribution in [-0.4, -0.2) is 54.6 Å². The van der Waals surface area contributed by atoms with Gasteiger partial charge in [-0.1, -0.05) is 71.1 Å². The number of carbonyl (C=O) groups is 2. The monoisotopic (exact) mass is 481 g/mol. The summed E-state index contributed by atoms with van der Waals surface area (Å²) in [6.45, 7) is 3.73. The molecule has 0 fully saturated rings. The number of hydrogen-bond donors (Lipinski definition) is 3. The molecule has 0 amide bonds. The summed E-state index contributed by atoms with van der Waals surface area (Å²) >= 11 is 0. The molecule has 0 aromatic rings. The first-order chi connectivity index (χ1) is 15.4. The third kappa shape index (κ3) is 23.7. The number of ether oxygens (including phenoxy) is 2. The highest BCUT2D eigenvalue weighted by atomic mass is 31.2. The molecule has 3 N–H and O–H groups in total. The minimum Gasteiger partial charge on any atom is -0.468 e. The topological polar surface area (TPSA) is 131 Å². The second-order valence-electron chi connectivity index (χ2n) is 8.06. The minimum atomic E-state index is -4.62. The van der Waals surface area contributed by atoms with Gasteiger partial charge in [0.2, 0.25) is 0 Å². The number of unbranched alkanes of at least 4 members (excludes halogenated alkanes) is 11. The van der Waals surface area contributed by atoms with Gasteiger partial charge in [0, 0.05) is 13.0 Å². The van der Waals surface area contributed by atoms with Gasteiger partial charge in [0.05, 0.1) is 13.2 Å². The zero-order valence-corrected chi connectivity index (χ0v) is 20.6. The summed E-state index contributed by atoms with van der Waals surface area (Å²) in [6.07, 6.45) is 13.4. The molecule has 0 aromatic carbocycles. The molecule has 0 saturated heterocycles.